The average molecular weight is 442 g/mol. The Balaban J connectivity index is 1.52. The molecule has 0 aliphatic carbocycles. The van der Waals surface area contributed by atoms with Crippen LogP contribution in [0, 0.1) is 0 Å². The lowest BCUT2D eigenvalue weighted by atomic mass is 10.1. The molecular formula is C19H21F3N4O3S. The predicted octanol–water partition coefficient (Wildman–Crippen LogP) is 3.62. The van der Waals surface area contributed by atoms with Gasteiger partial charge in [-0.1, -0.05) is 6.07 Å². The highest BCUT2D eigenvalue weighted by atomic mass is 32.1. The van der Waals surface area contributed by atoms with Crippen molar-refractivity contribution in [2.75, 3.05) is 43.0 Å². The number of ether oxygens (including phenoxy) is 1. The summed E-state index contributed by atoms with van der Waals surface area (Å²) in [7, 11) is 0. The largest absolute Gasteiger partial charge is 0.450 e. The van der Waals surface area contributed by atoms with Gasteiger partial charge in [-0.05, 0) is 25.1 Å². The molecule has 0 spiro atoms. The summed E-state index contributed by atoms with van der Waals surface area (Å²) in [6, 6.07) is 5.20. The van der Waals surface area contributed by atoms with Crippen molar-refractivity contribution in [1.29, 1.82) is 0 Å². The van der Waals surface area contributed by atoms with Crippen molar-refractivity contribution in [2.45, 2.75) is 19.5 Å². The first-order valence-corrected chi connectivity index (χ1v) is 10.2. The summed E-state index contributed by atoms with van der Waals surface area (Å²) in [6.45, 7) is 3.65. The molecule has 0 bridgehead atoms. The number of hydrogen-bond acceptors (Lipinski definition) is 6. The van der Waals surface area contributed by atoms with Gasteiger partial charge in [0.2, 0.25) is 5.91 Å². The van der Waals surface area contributed by atoms with Crippen LogP contribution >= 0.6 is 11.3 Å². The Hall–Kier alpha value is -2.82. The number of nitrogens with one attached hydrogen (secondary N) is 1. The molecule has 0 saturated carbocycles. The number of carbonyl (C=O) groups is 2. The number of amides is 2. The number of halogens is 3. The highest BCUT2D eigenvalue weighted by Crippen LogP contribution is 2.32. The minimum atomic E-state index is -4.39. The number of rotatable bonds is 5. The molecule has 1 aliphatic heterocycles. The predicted molar refractivity (Wildman–Crippen MR) is 107 cm³/mol. The second-order valence-electron chi connectivity index (χ2n) is 6.58. The second-order valence-corrected chi connectivity index (χ2v) is 7.44. The molecular weight excluding hydrogens is 421 g/mol. The van der Waals surface area contributed by atoms with Crippen molar-refractivity contribution in [3.63, 3.8) is 0 Å². The maximum Gasteiger partial charge on any atom is 0.416 e. The molecule has 2 heterocycles. The van der Waals surface area contributed by atoms with Crippen LogP contribution in [-0.2, 0) is 22.1 Å². The number of aromatic nitrogens is 1. The Bertz CT molecular complexity index is 895. The summed E-state index contributed by atoms with van der Waals surface area (Å²) in [4.78, 5) is 31.7. The van der Waals surface area contributed by atoms with Gasteiger partial charge in [-0.25, -0.2) is 9.78 Å². The number of benzene rings is 1. The molecule has 7 nitrogen and oxygen atoms in total. The lowest BCUT2D eigenvalue weighted by molar-refractivity contribution is -0.137. The molecule has 11 heteroatoms. The lowest BCUT2D eigenvalue weighted by Crippen LogP contribution is -2.49. The molecule has 1 aliphatic rings. The first kappa shape index (κ1) is 21.9. The molecule has 30 heavy (non-hydrogen) atoms. The standard InChI is InChI=1S/C19H21F3N4O3S/c1-2-29-18(28)24-17-23-14(12-30-17)11-16(27)26-8-6-25(7-9-26)15-5-3-4-13(10-15)19(20,21)22/h3-5,10,12H,2,6-9,11H2,1H3,(H,23,24,28). The SMILES string of the molecule is CCOC(=O)Nc1nc(CC(=O)N2CCN(c3cccc(C(F)(F)F)c3)CC2)cs1. The van der Waals surface area contributed by atoms with E-state index in [-0.39, 0.29) is 18.9 Å². The van der Waals surface area contributed by atoms with Crippen LogP contribution in [0.4, 0.5) is 28.8 Å². The molecule has 1 aromatic heterocycles. The van der Waals surface area contributed by atoms with Crippen LogP contribution in [-0.4, -0.2) is 54.7 Å². The van der Waals surface area contributed by atoms with E-state index >= 15 is 0 Å². The first-order valence-electron chi connectivity index (χ1n) is 9.34. The van der Waals surface area contributed by atoms with E-state index in [4.69, 9.17) is 4.74 Å². The number of anilines is 2. The summed E-state index contributed by atoms with van der Waals surface area (Å²) in [5.41, 5.74) is 0.345. The van der Waals surface area contributed by atoms with Crippen LogP contribution in [0.2, 0.25) is 0 Å². The zero-order chi connectivity index (χ0) is 21.7. The van der Waals surface area contributed by atoms with Crippen molar-refractivity contribution >= 4 is 34.2 Å². The normalized spacial score (nSPS) is 14.5. The molecule has 2 amide bonds. The van der Waals surface area contributed by atoms with Gasteiger partial charge < -0.3 is 14.5 Å². The van der Waals surface area contributed by atoms with E-state index in [0.717, 1.165) is 12.1 Å². The van der Waals surface area contributed by atoms with E-state index in [2.05, 4.69) is 10.3 Å². The van der Waals surface area contributed by atoms with E-state index < -0.39 is 17.8 Å². The fourth-order valence-electron chi connectivity index (χ4n) is 3.06. The summed E-state index contributed by atoms with van der Waals surface area (Å²) < 4.78 is 43.5. The van der Waals surface area contributed by atoms with E-state index in [1.54, 1.807) is 23.3 Å². The Kier molecular flexibility index (Phi) is 6.80. The van der Waals surface area contributed by atoms with Gasteiger partial charge in [-0.15, -0.1) is 11.3 Å². The molecule has 1 fully saturated rings. The fourth-order valence-corrected chi connectivity index (χ4v) is 3.76. The van der Waals surface area contributed by atoms with Crippen LogP contribution in [0.15, 0.2) is 29.6 Å². The van der Waals surface area contributed by atoms with Crippen molar-refractivity contribution in [1.82, 2.24) is 9.88 Å². The van der Waals surface area contributed by atoms with Crippen molar-refractivity contribution < 1.29 is 27.5 Å². The van der Waals surface area contributed by atoms with Crippen LogP contribution in [0.3, 0.4) is 0 Å². The van der Waals surface area contributed by atoms with Crippen molar-refractivity contribution in [3.05, 3.63) is 40.9 Å². The highest BCUT2D eigenvalue weighted by molar-refractivity contribution is 7.13. The average Bonchev–Trinajstić information content (AvgIpc) is 3.14. The molecule has 0 unspecified atom stereocenters. The molecule has 1 N–H and O–H groups in total. The van der Waals surface area contributed by atoms with E-state index in [1.165, 1.54) is 17.4 Å². The molecule has 2 aromatic rings. The van der Waals surface area contributed by atoms with Gasteiger partial charge >= 0.3 is 12.3 Å². The quantitative estimate of drug-likeness (QED) is 0.766. The molecule has 0 radical (unpaired) electrons. The van der Waals surface area contributed by atoms with Crippen LogP contribution < -0.4 is 10.2 Å². The number of piperazine rings is 1. The van der Waals surface area contributed by atoms with Gasteiger partial charge in [0.05, 0.1) is 24.3 Å². The molecule has 3 rings (SSSR count). The summed E-state index contributed by atoms with van der Waals surface area (Å²) in [6.07, 6.45) is -4.90. The third kappa shape index (κ3) is 5.62. The minimum absolute atomic E-state index is 0.0879. The highest BCUT2D eigenvalue weighted by Gasteiger charge is 2.31. The molecule has 1 aromatic carbocycles. The van der Waals surface area contributed by atoms with E-state index in [0.29, 0.717) is 42.7 Å². The number of nitrogens with zero attached hydrogens (tertiary/aromatic N) is 3. The van der Waals surface area contributed by atoms with Crippen LogP contribution in [0.1, 0.15) is 18.2 Å². The topological polar surface area (TPSA) is 74.8 Å². The Morgan fingerprint density at radius 1 is 1.23 bits per heavy atom. The lowest BCUT2D eigenvalue weighted by Gasteiger charge is -2.36. The van der Waals surface area contributed by atoms with Gasteiger partial charge in [0.25, 0.3) is 0 Å². The van der Waals surface area contributed by atoms with Crippen molar-refractivity contribution in [3.8, 4) is 0 Å². The third-order valence-electron chi connectivity index (χ3n) is 4.54. The minimum Gasteiger partial charge on any atom is -0.450 e. The van der Waals surface area contributed by atoms with Gasteiger partial charge in [0.15, 0.2) is 5.13 Å². The fraction of sp³-hybridized carbons (Fsp3) is 0.421. The maximum absolute atomic E-state index is 12.9. The molecule has 1 saturated heterocycles. The zero-order valence-electron chi connectivity index (χ0n) is 16.2. The third-order valence-corrected chi connectivity index (χ3v) is 5.35. The first-order chi connectivity index (χ1) is 14.3. The summed E-state index contributed by atoms with van der Waals surface area (Å²) in [5.74, 6) is -0.119. The zero-order valence-corrected chi connectivity index (χ0v) is 17.1. The number of hydrogen-bond donors (Lipinski definition) is 1. The van der Waals surface area contributed by atoms with E-state index in [1.807, 2.05) is 4.90 Å². The van der Waals surface area contributed by atoms with Crippen molar-refractivity contribution in [2.24, 2.45) is 0 Å². The van der Waals surface area contributed by atoms with Gasteiger partial charge in [0.1, 0.15) is 0 Å². The Labute approximate surface area is 175 Å². The van der Waals surface area contributed by atoms with E-state index in [9.17, 15) is 22.8 Å². The Morgan fingerprint density at radius 2 is 1.97 bits per heavy atom. The number of carbonyl (C=O) groups excluding carboxylic acids is 2. The smallest absolute Gasteiger partial charge is 0.416 e. The maximum atomic E-state index is 12.9. The number of thiazole rings is 1. The second kappa shape index (κ2) is 9.33. The summed E-state index contributed by atoms with van der Waals surface area (Å²) in [5, 5.41) is 4.53. The van der Waals surface area contributed by atoms with Gasteiger partial charge in [-0.3, -0.25) is 10.1 Å². The number of alkyl halides is 3. The van der Waals surface area contributed by atoms with Crippen LogP contribution in [0.5, 0.6) is 0 Å². The van der Waals surface area contributed by atoms with Crippen LogP contribution in [0.25, 0.3) is 0 Å². The molecule has 0 atom stereocenters. The molecule has 162 valence electrons. The van der Waals surface area contributed by atoms with Gasteiger partial charge in [-0.2, -0.15) is 13.2 Å². The Morgan fingerprint density at radius 3 is 2.63 bits per heavy atom. The van der Waals surface area contributed by atoms with Gasteiger partial charge in [0, 0.05) is 37.2 Å². The summed E-state index contributed by atoms with van der Waals surface area (Å²) >= 11 is 1.20. The monoisotopic (exact) mass is 442 g/mol.